The highest BCUT2D eigenvalue weighted by Crippen LogP contribution is 2.25. The van der Waals surface area contributed by atoms with E-state index in [0.717, 1.165) is 19.6 Å². The Morgan fingerprint density at radius 3 is 2.68 bits per heavy atom. The normalized spacial score (nSPS) is 16.2. The van der Waals surface area contributed by atoms with Crippen molar-refractivity contribution in [1.29, 1.82) is 0 Å². The van der Waals surface area contributed by atoms with Crippen LogP contribution in [-0.2, 0) is 0 Å². The molecule has 0 aliphatic carbocycles. The van der Waals surface area contributed by atoms with Crippen molar-refractivity contribution in [2.45, 2.75) is 19.3 Å². The van der Waals surface area contributed by atoms with Gasteiger partial charge in [-0.15, -0.1) is 0 Å². The van der Waals surface area contributed by atoms with Gasteiger partial charge in [0.25, 0.3) is 5.91 Å². The van der Waals surface area contributed by atoms with Crippen LogP contribution in [0.25, 0.3) is 0 Å². The Hall–Kier alpha value is -1.75. The van der Waals surface area contributed by atoms with Gasteiger partial charge in [0.2, 0.25) is 0 Å². The van der Waals surface area contributed by atoms with Crippen LogP contribution in [0.1, 0.15) is 29.6 Å². The summed E-state index contributed by atoms with van der Waals surface area (Å²) in [4.78, 5) is 13.7. The van der Waals surface area contributed by atoms with Crippen molar-refractivity contribution in [1.82, 2.24) is 4.90 Å². The van der Waals surface area contributed by atoms with Crippen molar-refractivity contribution in [3.8, 4) is 5.75 Å². The van der Waals surface area contributed by atoms with E-state index in [4.69, 9.17) is 16.2 Å². The number of anilines is 1. The number of hydrogen-bond acceptors (Lipinski definition) is 4. The van der Waals surface area contributed by atoms with Crippen molar-refractivity contribution in [3.05, 3.63) is 23.8 Å². The predicted octanol–water partition coefficient (Wildman–Crippen LogP) is 1.23. The predicted molar refractivity (Wildman–Crippen MR) is 75.2 cm³/mol. The molecular weight excluding hydrogens is 242 g/mol. The van der Waals surface area contributed by atoms with Gasteiger partial charge < -0.3 is 16.2 Å². The monoisotopic (exact) mass is 263 g/mol. The molecule has 1 amide bonds. The highest BCUT2D eigenvalue weighted by molar-refractivity contribution is 5.97. The fourth-order valence-corrected chi connectivity index (χ4v) is 2.37. The number of primary amides is 1. The summed E-state index contributed by atoms with van der Waals surface area (Å²) in [6.07, 6.45) is 3.81. The average molecular weight is 263 g/mol. The van der Waals surface area contributed by atoms with Crippen LogP contribution in [0.4, 0.5) is 5.69 Å². The number of carbonyl (C=O) groups excluding carboxylic acids is 1. The first-order valence-corrected chi connectivity index (χ1v) is 6.72. The number of amides is 1. The molecule has 19 heavy (non-hydrogen) atoms. The minimum atomic E-state index is -0.514. The van der Waals surface area contributed by atoms with Crippen LogP contribution >= 0.6 is 0 Å². The van der Waals surface area contributed by atoms with E-state index in [0.29, 0.717) is 23.6 Å². The lowest BCUT2D eigenvalue weighted by Crippen LogP contribution is -2.33. The lowest BCUT2D eigenvalue weighted by atomic mass is 10.1. The number of nitrogens with zero attached hydrogens (tertiary/aromatic N) is 1. The Morgan fingerprint density at radius 1 is 1.26 bits per heavy atom. The van der Waals surface area contributed by atoms with Gasteiger partial charge in [-0.05, 0) is 38.1 Å². The van der Waals surface area contributed by atoms with Gasteiger partial charge in [-0.1, -0.05) is 12.5 Å². The number of ether oxygens (including phenoxy) is 1. The highest BCUT2D eigenvalue weighted by atomic mass is 16.5. The average Bonchev–Trinajstić information content (AvgIpc) is 2.41. The third-order valence-electron chi connectivity index (χ3n) is 3.41. The molecule has 5 nitrogen and oxygen atoms in total. The topological polar surface area (TPSA) is 81.6 Å². The lowest BCUT2D eigenvalue weighted by molar-refractivity contribution is 0.0995. The molecule has 4 N–H and O–H groups in total. The first-order valence-electron chi connectivity index (χ1n) is 6.72. The number of para-hydroxylation sites is 1. The number of nitrogen functional groups attached to an aromatic ring is 1. The molecule has 0 spiro atoms. The summed E-state index contributed by atoms with van der Waals surface area (Å²) < 4.78 is 5.66. The molecule has 1 aromatic rings. The van der Waals surface area contributed by atoms with E-state index in [1.54, 1.807) is 18.2 Å². The van der Waals surface area contributed by atoms with Crippen LogP contribution in [0.3, 0.4) is 0 Å². The Bertz CT molecular complexity index is 442. The smallest absolute Gasteiger partial charge is 0.252 e. The molecule has 1 aliphatic rings. The summed E-state index contributed by atoms with van der Waals surface area (Å²) >= 11 is 0. The van der Waals surface area contributed by atoms with Crippen molar-refractivity contribution in [2.24, 2.45) is 5.73 Å². The number of carbonyl (C=O) groups is 1. The maximum Gasteiger partial charge on any atom is 0.252 e. The molecule has 2 rings (SSSR count). The molecule has 1 fully saturated rings. The fourth-order valence-electron chi connectivity index (χ4n) is 2.37. The summed E-state index contributed by atoms with van der Waals surface area (Å²) in [6.45, 7) is 3.62. The van der Waals surface area contributed by atoms with E-state index in [2.05, 4.69) is 4.90 Å². The third-order valence-corrected chi connectivity index (χ3v) is 3.41. The second-order valence-corrected chi connectivity index (χ2v) is 4.84. The first-order chi connectivity index (χ1) is 9.18. The number of rotatable bonds is 5. The molecular formula is C14H21N3O2. The standard InChI is InChI=1S/C14H21N3O2/c15-12-6-4-5-11(14(16)18)13(12)19-10-9-17-7-2-1-3-8-17/h4-6H,1-3,7-10,15H2,(H2,16,18). The molecule has 1 heterocycles. The van der Waals surface area contributed by atoms with Crippen molar-refractivity contribution >= 4 is 11.6 Å². The zero-order valence-corrected chi connectivity index (χ0v) is 11.1. The molecule has 1 aromatic carbocycles. The number of likely N-dealkylation sites (tertiary alicyclic amines) is 1. The zero-order valence-electron chi connectivity index (χ0n) is 11.1. The summed E-state index contributed by atoms with van der Waals surface area (Å²) in [6, 6.07) is 5.05. The molecule has 0 atom stereocenters. The highest BCUT2D eigenvalue weighted by Gasteiger charge is 2.14. The van der Waals surface area contributed by atoms with E-state index < -0.39 is 5.91 Å². The first kappa shape index (κ1) is 13.7. The van der Waals surface area contributed by atoms with Crippen LogP contribution in [0.5, 0.6) is 5.75 Å². The minimum absolute atomic E-state index is 0.346. The number of benzene rings is 1. The molecule has 0 bridgehead atoms. The van der Waals surface area contributed by atoms with Crippen molar-refractivity contribution < 1.29 is 9.53 Å². The molecule has 5 heteroatoms. The molecule has 1 saturated heterocycles. The van der Waals surface area contributed by atoms with Gasteiger partial charge in [0.15, 0.2) is 5.75 Å². The quantitative estimate of drug-likeness (QED) is 0.783. The van der Waals surface area contributed by atoms with Gasteiger partial charge in [0.1, 0.15) is 6.61 Å². The Balaban J connectivity index is 1.93. The van der Waals surface area contributed by atoms with Gasteiger partial charge in [-0.3, -0.25) is 9.69 Å². The number of nitrogens with two attached hydrogens (primary N) is 2. The van der Waals surface area contributed by atoms with Gasteiger partial charge in [0, 0.05) is 6.54 Å². The molecule has 0 saturated carbocycles. The third kappa shape index (κ3) is 3.61. The van der Waals surface area contributed by atoms with Crippen LogP contribution in [0.2, 0.25) is 0 Å². The summed E-state index contributed by atoms with van der Waals surface area (Å²) in [5.41, 5.74) is 11.9. The van der Waals surface area contributed by atoms with E-state index in [-0.39, 0.29) is 0 Å². The van der Waals surface area contributed by atoms with Gasteiger partial charge in [-0.25, -0.2) is 0 Å². The van der Waals surface area contributed by atoms with E-state index in [1.807, 2.05) is 0 Å². The molecule has 0 aromatic heterocycles. The van der Waals surface area contributed by atoms with Crippen LogP contribution in [0.15, 0.2) is 18.2 Å². The van der Waals surface area contributed by atoms with Crippen molar-refractivity contribution in [3.63, 3.8) is 0 Å². The second kappa shape index (κ2) is 6.43. The van der Waals surface area contributed by atoms with Crippen LogP contribution in [-0.4, -0.2) is 37.0 Å². The Kier molecular flexibility index (Phi) is 4.63. The van der Waals surface area contributed by atoms with Gasteiger partial charge >= 0.3 is 0 Å². The van der Waals surface area contributed by atoms with Crippen molar-refractivity contribution in [2.75, 3.05) is 32.0 Å². The summed E-state index contributed by atoms with van der Waals surface area (Å²) in [5.74, 6) is -0.104. The molecule has 0 unspecified atom stereocenters. The summed E-state index contributed by atoms with van der Waals surface area (Å²) in [7, 11) is 0. The largest absolute Gasteiger partial charge is 0.489 e. The maximum atomic E-state index is 11.3. The SMILES string of the molecule is NC(=O)c1cccc(N)c1OCCN1CCCCC1. The Morgan fingerprint density at radius 2 is 2.00 bits per heavy atom. The second-order valence-electron chi connectivity index (χ2n) is 4.84. The molecule has 1 aliphatic heterocycles. The summed E-state index contributed by atoms with van der Waals surface area (Å²) in [5, 5.41) is 0. The van der Waals surface area contributed by atoms with Gasteiger partial charge in [-0.2, -0.15) is 0 Å². The zero-order chi connectivity index (χ0) is 13.7. The van der Waals surface area contributed by atoms with Crippen LogP contribution in [0, 0.1) is 0 Å². The van der Waals surface area contributed by atoms with E-state index >= 15 is 0 Å². The molecule has 104 valence electrons. The van der Waals surface area contributed by atoms with E-state index in [9.17, 15) is 4.79 Å². The van der Waals surface area contributed by atoms with Crippen LogP contribution < -0.4 is 16.2 Å². The van der Waals surface area contributed by atoms with Gasteiger partial charge in [0.05, 0.1) is 11.3 Å². The molecule has 0 radical (unpaired) electrons. The number of hydrogen-bond donors (Lipinski definition) is 2. The fraction of sp³-hybridized carbons (Fsp3) is 0.500. The number of piperidine rings is 1. The Labute approximate surface area is 113 Å². The maximum absolute atomic E-state index is 11.3. The minimum Gasteiger partial charge on any atom is -0.489 e. The van der Waals surface area contributed by atoms with E-state index in [1.165, 1.54) is 19.3 Å². The lowest BCUT2D eigenvalue weighted by Gasteiger charge is -2.26.